The second-order valence-corrected chi connectivity index (χ2v) is 7.22. The smallest absolute Gasteiger partial charge is 0.0583 e. The van der Waals surface area contributed by atoms with Gasteiger partial charge in [-0.3, -0.25) is 4.90 Å². The number of likely N-dealkylation sites (tertiary alicyclic amines) is 1. The number of aliphatic hydroxyl groups is 1. The Hall–Kier alpha value is -0.0800. The summed E-state index contributed by atoms with van der Waals surface area (Å²) in [5.41, 5.74) is 0. The largest absolute Gasteiger partial charge is 0.393 e. The molecule has 3 aliphatic rings. The van der Waals surface area contributed by atoms with Gasteiger partial charge in [0.05, 0.1) is 6.10 Å². The molecular weight excluding hydrogens is 234 g/mol. The molecule has 1 aliphatic heterocycles. The summed E-state index contributed by atoms with van der Waals surface area (Å²) in [5, 5.41) is 10.2. The van der Waals surface area contributed by atoms with Crippen molar-refractivity contribution >= 4 is 0 Å². The lowest BCUT2D eigenvalue weighted by Crippen LogP contribution is -2.48. The number of nitrogens with zero attached hydrogens (tertiary/aromatic N) is 1. The summed E-state index contributed by atoms with van der Waals surface area (Å²) in [7, 11) is 0. The number of hydrogen-bond donors (Lipinski definition) is 1. The van der Waals surface area contributed by atoms with Crippen LogP contribution < -0.4 is 0 Å². The van der Waals surface area contributed by atoms with Crippen LogP contribution in [-0.4, -0.2) is 35.2 Å². The molecule has 0 bridgehead atoms. The molecule has 0 aromatic rings. The van der Waals surface area contributed by atoms with Gasteiger partial charge in [0.1, 0.15) is 0 Å². The number of aliphatic hydroxyl groups excluding tert-OH is 1. The van der Waals surface area contributed by atoms with Gasteiger partial charge in [-0.25, -0.2) is 0 Å². The van der Waals surface area contributed by atoms with E-state index in [1.54, 1.807) is 0 Å². The maximum Gasteiger partial charge on any atom is 0.0583 e. The van der Waals surface area contributed by atoms with E-state index in [0.29, 0.717) is 12.0 Å². The third kappa shape index (κ3) is 3.33. The van der Waals surface area contributed by atoms with E-state index in [1.807, 2.05) is 0 Å². The minimum atomic E-state index is -0.00282. The molecule has 0 amide bonds. The second kappa shape index (κ2) is 6.58. The van der Waals surface area contributed by atoms with E-state index in [9.17, 15) is 5.11 Å². The highest BCUT2D eigenvalue weighted by Crippen LogP contribution is 2.36. The van der Waals surface area contributed by atoms with E-state index in [4.69, 9.17) is 0 Å². The molecular formula is C17H31NO. The van der Waals surface area contributed by atoms with Gasteiger partial charge in [-0.2, -0.15) is 0 Å². The predicted molar refractivity (Wildman–Crippen MR) is 79.1 cm³/mol. The van der Waals surface area contributed by atoms with Crippen molar-refractivity contribution in [3.05, 3.63) is 0 Å². The number of rotatable bonds is 3. The van der Waals surface area contributed by atoms with E-state index in [2.05, 4.69) is 4.90 Å². The zero-order valence-corrected chi connectivity index (χ0v) is 12.4. The topological polar surface area (TPSA) is 23.5 Å². The Morgan fingerprint density at radius 3 is 2.32 bits per heavy atom. The first-order chi connectivity index (χ1) is 9.34. The van der Waals surface area contributed by atoms with Gasteiger partial charge in [0.2, 0.25) is 0 Å². The number of hydrogen-bond acceptors (Lipinski definition) is 2. The number of piperidine rings is 1. The summed E-state index contributed by atoms with van der Waals surface area (Å²) >= 11 is 0. The fourth-order valence-corrected chi connectivity index (χ4v) is 4.85. The van der Waals surface area contributed by atoms with Crippen LogP contribution in [0.15, 0.2) is 0 Å². The van der Waals surface area contributed by atoms with Crippen LogP contribution in [-0.2, 0) is 0 Å². The van der Waals surface area contributed by atoms with Gasteiger partial charge in [-0.15, -0.1) is 0 Å². The third-order valence-corrected chi connectivity index (χ3v) is 5.91. The summed E-state index contributed by atoms with van der Waals surface area (Å²) < 4.78 is 0. The summed E-state index contributed by atoms with van der Waals surface area (Å²) in [6.07, 6.45) is 15.0. The van der Waals surface area contributed by atoms with Gasteiger partial charge < -0.3 is 5.11 Å². The van der Waals surface area contributed by atoms with Crippen molar-refractivity contribution in [2.75, 3.05) is 13.1 Å². The summed E-state index contributed by atoms with van der Waals surface area (Å²) in [6, 6.07) is 0.702. The molecule has 3 unspecified atom stereocenters. The van der Waals surface area contributed by atoms with Crippen LogP contribution in [0.5, 0.6) is 0 Å². The molecule has 0 spiro atoms. The lowest BCUT2D eigenvalue weighted by molar-refractivity contribution is 0.0242. The molecule has 0 aromatic heterocycles. The lowest BCUT2D eigenvalue weighted by Gasteiger charge is -2.42. The Labute approximate surface area is 118 Å². The fourth-order valence-electron chi connectivity index (χ4n) is 4.85. The highest BCUT2D eigenvalue weighted by molar-refractivity contribution is 4.91. The van der Waals surface area contributed by atoms with Crippen LogP contribution >= 0.6 is 0 Å². The van der Waals surface area contributed by atoms with Crippen LogP contribution in [0, 0.1) is 11.8 Å². The van der Waals surface area contributed by atoms with Crippen molar-refractivity contribution in [1.29, 1.82) is 0 Å². The quantitative estimate of drug-likeness (QED) is 0.843. The highest BCUT2D eigenvalue weighted by Gasteiger charge is 2.37. The van der Waals surface area contributed by atoms with E-state index < -0.39 is 0 Å². The SMILES string of the molecule is OC1CCCC1C1CCCCN1CC1CCCCC1. The van der Waals surface area contributed by atoms with Crippen LogP contribution in [0.4, 0.5) is 0 Å². The molecule has 2 heteroatoms. The Bertz CT molecular complexity index is 274. The molecule has 2 saturated carbocycles. The first kappa shape index (κ1) is 13.9. The zero-order chi connectivity index (χ0) is 13.1. The Balaban J connectivity index is 1.59. The molecule has 3 atom stereocenters. The van der Waals surface area contributed by atoms with Crippen molar-refractivity contribution in [2.24, 2.45) is 11.8 Å². The van der Waals surface area contributed by atoms with E-state index >= 15 is 0 Å². The average Bonchev–Trinajstić information content (AvgIpc) is 2.87. The third-order valence-electron chi connectivity index (χ3n) is 5.91. The van der Waals surface area contributed by atoms with Crippen LogP contribution in [0.25, 0.3) is 0 Å². The normalized spacial score (nSPS) is 38.7. The molecule has 3 rings (SSSR count). The Kier molecular flexibility index (Phi) is 4.81. The lowest BCUT2D eigenvalue weighted by atomic mass is 9.84. The molecule has 110 valence electrons. The summed E-state index contributed by atoms with van der Waals surface area (Å²) in [5.74, 6) is 1.54. The highest BCUT2D eigenvalue weighted by atomic mass is 16.3. The first-order valence-corrected chi connectivity index (χ1v) is 8.77. The van der Waals surface area contributed by atoms with Crippen LogP contribution in [0.1, 0.15) is 70.6 Å². The van der Waals surface area contributed by atoms with Gasteiger partial charge in [0.15, 0.2) is 0 Å². The van der Waals surface area contributed by atoms with E-state index in [1.165, 1.54) is 77.3 Å². The van der Waals surface area contributed by atoms with Crippen LogP contribution in [0.3, 0.4) is 0 Å². The standard InChI is InChI=1S/C17H31NO/c19-17-11-6-9-15(17)16-10-4-5-12-18(16)13-14-7-2-1-3-8-14/h14-17,19H,1-13H2. The predicted octanol–water partition coefficient (Wildman–Crippen LogP) is 3.58. The van der Waals surface area contributed by atoms with Gasteiger partial charge in [-0.05, 0) is 51.0 Å². The van der Waals surface area contributed by atoms with Gasteiger partial charge in [0.25, 0.3) is 0 Å². The Morgan fingerprint density at radius 1 is 0.789 bits per heavy atom. The Morgan fingerprint density at radius 2 is 1.58 bits per heavy atom. The zero-order valence-electron chi connectivity index (χ0n) is 12.4. The average molecular weight is 265 g/mol. The van der Waals surface area contributed by atoms with E-state index in [0.717, 1.165) is 12.3 Å². The van der Waals surface area contributed by atoms with Crippen molar-refractivity contribution < 1.29 is 5.11 Å². The first-order valence-electron chi connectivity index (χ1n) is 8.77. The molecule has 3 fully saturated rings. The van der Waals surface area contributed by atoms with Crippen molar-refractivity contribution in [3.8, 4) is 0 Å². The molecule has 1 heterocycles. The van der Waals surface area contributed by atoms with Crippen molar-refractivity contribution in [3.63, 3.8) is 0 Å². The molecule has 2 nitrogen and oxygen atoms in total. The van der Waals surface area contributed by atoms with Gasteiger partial charge in [0, 0.05) is 18.5 Å². The molecule has 1 N–H and O–H groups in total. The minimum absolute atomic E-state index is 0.00282. The summed E-state index contributed by atoms with van der Waals surface area (Å²) in [4.78, 5) is 2.78. The van der Waals surface area contributed by atoms with Gasteiger partial charge in [-0.1, -0.05) is 32.1 Å². The van der Waals surface area contributed by atoms with Gasteiger partial charge >= 0.3 is 0 Å². The maximum absolute atomic E-state index is 10.2. The molecule has 1 saturated heterocycles. The van der Waals surface area contributed by atoms with Crippen molar-refractivity contribution in [2.45, 2.75) is 82.8 Å². The molecule has 0 aromatic carbocycles. The maximum atomic E-state index is 10.2. The molecule has 2 aliphatic carbocycles. The minimum Gasteiger partial charge on any atom is -0.393 e. The van der Waals surface area contributed by atoms with Crippen LogP contribution in [0.2, 0.25) is 0 Å². The van der Waals surface area contributed by atoms with Crippen molar-refractivity contribution in [1.82, 2.24) is 4.90 Å². The monoisotopic (exact) mass is 265 g/mol. The summed E-state index contributed by atoms with van der Waals surface area (Å²) in [6.45, 7) is 2.62. The second-order valence-electron chi connectivity index (χ2n) is 7.22. The fraction of sp³-hybridized carbons (Fsp3) is 1.00. The molecule has 19 heavy (non-hydrogen) atoms. The molecule has 0 radical (unpaired) electrons. The van der Waals surface area contributed by atoms with E-state index in [-0.39, 0.29) is 6.10 Å².